The van der Waals surface area contributed by atoms with Crippen LogP contribution in [0.25, 0.3) is 0 Å². The first kappa shape index (κ1) is 19.0. The molecule has 0 aliphatic carbocycles. The molecule has 1 aromatic carbocycles. The molecular formula is C19H27N3O3. The van der Waals surface area contributed by atoms with Crippen LogP contribution in [0.3, 0.4) is 0 Å². The predicted octanol–water partition coefficient (Wildman–Crippen LogP) is 1.12. The molecule has 6 heteroatoms. The van der Waals surface area contributed by atoms with E-state index in [1.165, 1.54) is 5.56 Å². The van der Waals surface area contributed by atoms with Crippen molar-refractivity contribution in [2.45, 2.75) is 33.1 Å². The van der Waals surface area contributed by atoms with E-state index >= 15 is 0 Å². The fourth-order valence-corrected chi connectivity index (χ4v) is 2.84. The van der Waals surface area contributed by atoms with Crippen LogP contribution in [-0.4, -0.2) is 60.2 Å². The third kappa shape index (κ3) is 6.21. The fourth-order valence-electron chi connectivity index (χ4n) is 2.84. The number of hydrogen-bond acceptors (Lipinski definition) is 3. The largest absolute Gasteiger partial charge is 0.356 e. The zero-order valence-electron chi connectivity index (χ0n) is 15.1. The maximum absolute atomic E-state index is 12.1. The number of piperazine rings is 1. The highest BCUT2D eigenvalue weighted by Crippen LogP contribution is 2.06. The number of nitrogens with one attached hydrogen (secondary N) is 1. The lowest BCUT2D eigenvalue weighted by atomic mass is 10.1. The summed E-state index contributed by atoms with van der Waals surface area (Å²) in [5.74, 6) is 0.0461. The van der Waals surface area contributed by atoms with Crippen LogP contribution < -0.4 is 5.32 Å². The molecule has 0 atom stereocenters. The highest BCUT2D eigenvalue weighted by molar-refractivity contribution is 5.79. The van der Waals surface area contributed by atoms with E-state index in [-0.39, 0.29) is 17.7 Å². The molecule has 1 saturated heterocycles. The summed E-state index contributed by atoms with van der Waals surface area (Å²) in [5, 5.41) is 2.81. The molecule has 1 fully saturated rings. The first-order valence-corrected chi connectivity index (χ1v) is 8.81. The highest BCUT2D eigenvalue weighted by atomic mass is 16.2. The number of carbonyl (C=O) groups is 3. The third-order valence-electron chi connectivity index (χ3n) is 4.50. The maximum Gasteiger partial charge on any atom is 0.224 e. The number of aryl methyl sites for hydroxylation is 2. The highest BCUT2D eigenvalue weighted by Gasteiger charge is 2.21. The van der Waals surface area contributed by atoms with Crippen LogP contribution in [0.1, 0.15) is 30.9 Å². The number of rotatable bonds is 6. The topological polar surface area (TPSA) is 69.7 Å². The standard InChI is InChI=1S/C19H27N3O3/c1-15-3-5-17(6-4-15)7-8-18(24)20-10-9-19(25)22-13-11-21(12-14-22)16(2)23/h3-6H,7-14H2,1-2H3,(H,20,24). The summed E-state index contributed by atoms with van der Waals surface area (Å²) in [6.07, 6.45) is 1.43. The van der Waals surface area contributed by atoms with Crippen molar-refractivity contribution in [1.82, 2.24) is 15.1 Å². The molecule has 0 aromatic heterocycles. The van der Waals surface area contributed by atoms with Crippen LogP contribution in [0, 0.1) is 6.92 Å². The Morgan fingerprint density at radius 2 is 1.56 bits per heavy atom. The van der Waals surface area contributed by atoms with E-state index in [9.17, 15) is 14.4 Å². The maximum atomic E-state index is 12.1. The monoisotopic (exact) mass is 345 g/mol. The van der Waals surface area contributed by atoms with Crippen molar-refractivity contribution >= 4 is 17.7 Å². The van der Waals surface area contributed by atoms with Crippen molar-refractivity contribution in [1.29, 1.82) is 0 Å². The zero-order valence-corrected chi connectivity index (χ0v) is 15.1. The van der Waals surface area contributed by atoms with E-state index in [4.69, 9.17) is 0 Å². The summed E-state index contributed by atoms with van der Waals surface area (Å²) in [6.45, 7) is 6.25. The smallest absolute Gasteiger partial charge is 0.224 e. The average molecular weight is 345 g/mol. The Balaban J connectivity index is 1.61. The van der Waals surface area contributed by atoms with Gasteiger partial charge in [-0.1, -0.05) is 29.8 Å². The van der Waals surface area contributed by atoms with E-state index < -0.39 is 0 Å². The summed E-state index contributed by atoms with van der Waals surface area (Å²) < 4.78 is 0. The van der Waals surface area contributed by atoms with E-state index in [1.807, 2.05) is 31.2 Å². The van der Waals surface area contributed by atoms with Gasteiger partial charge in [0, 0.05) is 52.5 Å². The minimum atomic E-state index is -0.0326. The quantitative estimate of drug-likeness (QED) is 0.840. The Morgan fingerprint density at radius 1 is 0.960 bits per heavy atom. The van der Waals surface area contributed by atoms with Gasteiger partial charge in [-0.3, -0.25) is 14.4 Å². The van der Waals surface area contributed by atoms with Crippen LogP contribution in [0.15, 0.2) is 24.3 Å². The van der Waals surface area contributed by atoms with Gasteiger partial charge in [-0.25, -0.2) is 0 Å². The molecule has 2 rings (SSSR count). The lowest BCUT2D eigenvalue weighted by Crippen LogP contribution is -2.50. The Labute approximate surface area is 149 Å². The van der Waals surface area contributed by atoms with Crippen LogP contribution in [-0.2, 0) is 20.8 Å². The number of nitrogens with zero attached hydrogens (tertiary/aromatic N) is 2. The number of hydrogen-bond donors (Lipinski definition) is 1. The molecule has 1 heterocycles. The van der Waals surface area contributed by atoms with Crippen molar-refractivity contribution < 1.29 is 14.4 Å². The molecule has 1 aliphatic rings. The van der Waals surface area contributed by atoms with Crippen molar-refractivity contribution in [3.8, 4) is 0 Å². The minimum absolute atomic E-state index is 0.0297. The molecule has 1 aliphatic heterocycles. The van der Waals surface area contributed by atoms with Gasteiger partial charge in [0.05, 0.1) is 0 Å². The van der Waals surface area contributed by atoms with Gasteiger partial charge in [0.1, 0.15) is 0 Å². The van der Waals surface area contributed by atoms with E-state index in [2.05, 4.69) is 5.32 Å². The molecule has 0 spiro atoms. The molecule has 1 aromatic rings. The molecule has 3 amide bonds. The van der Waals surface area contributed by atoms with Crippen LogP contribution in [0.4, 0.5) is 0 Å². The first-order chi connectivity index (χ1) is 12.0. The number of amides is 3. The fraction of sp³-hybridized carbons (Fsp3) is 0.526. The van der Waals surface area contributed by atoms with Gasteiger partial charge in [0.25, 0.3) is 0 Å². The van der Waals surface area contributed by atoms with E-state index in [0.717, 1.165) is 5.56 Å². The predicted molar refractivity (Wildman–Crippen MR) is 96.0 cm³/mol. The summed E-state index contributed by atoms with van der Waals surface area (Å²) in [4.78, 5) is 38.8. The molecule has 6 nitrogen and oxygen atoms in total. The third-order valence-corrected chi connectivity index (χ3v) is 4.50. The van der Waals surface area contributed by atoms with Gasteiger partial charge >= 0.3 is 0 Å². The molecule has 0 saturated carbocycles. The van der Waals surface area contributed by atoms with Gasteiger partial charge in [-0.15, -0.1) is 0 Å². The van der Waals surface area contributed by atoms with Gasteiger partial charge in [0.15, 0.2) is 0 Å². The Morgan fingerprint density at radius 3 is 2.16 bits per heavy atom. The van der Waals surface area contributed by atoms with Crippen LogP contribution >= 0.6 is 0 Å². The average Bonchev–Trinajstić information content (AvgIpc) is 2.61. The number of carbonyl (C=O) groups excluding carboxylic acids is 3. The van der Waals surface area contributed by atoms with Crippen molar-refractivity contribution in [2.24, 2.45) is 0 Å². The molecule has 136 valence electrons. The molecule has 25 heavy (non-hydrogen) atoms. The summed E-state index contributed by atoms with van der Waals surface area (Å²) in [6, 6.07) is 8.15. The van der Waals surface area contributed by atoms with E-state index in [0.29, 0.717) is 52.0 Å². The second-order valence-corrected chi connectivity index (χ2v) is 6.47. The molecule has 1 N–H and O–H groups in total. The van der Waals surface area contributed by atoms with Crippen LogP contribution in [0.2, 0.25) is 0 Å². The Hall–Kier alpha value is -2.37. The van der Waals surface area contributed by atoms with Gasteiger partial charge in [-0.05, 0) is 18.9 Å². The second kappa shape index (κ2) is 9.20. The summed E-state index contributed by atoms with van der Waals surface area (Å²) in [7, 11) is 0. The summed E-state index contributed by atoms with van der Waals surface area (Å²) >= 11 is 0. The minimum Gasteiger partial charge on any atom is -0.356 e. The van der Waals surface area contributed by atoms with Crippen LogP contribution in [0.5, 0.6) is 0 Å². The molecule has 0 radical (unpaired) electrons. The first-order valence-electron chi connectivity index (χ1n) is 8.81. The van der Waals surface area contributed by atoms with Gasteiger partial charge in [0.2, 0.25) is 17.7 Å². The van der Waals surface area contributed by atoms with Crippen molar-refractivity contribution in [3.05, 3.63) is 35.4 Å². The van der Waals surface area contributed by atoms with Crippen molar-refractivity contribution in [3.63, 3.8) is 0 Å². The molecule has 0 unspecified atom stereocenters. The van der Waals surface area contributed by atoms with Gasteiger partial charge in [-0.2, -0.15) is 0 Å². The SMILES string of the molecule is CC(=O)N1CCN(C(=O)CCNC(=O)CCc2ccc(C)cc2)CC1. The van der Waals surface area contributed by atoms with Gasteiger partial charge < -0.3 is 15.1 Å². The molecule has 0 bridgehead atoms. The Kier molecular flexibility index (Phi) is 6.98. The van der Waals surface area contributed by atoms with E-state index in [1.54, 1.807) is 16.7 Å². The summed E-state index contributed by atoms with van der Waals surface area (Å²) in [5.41, 5.74) is 2.34. The lowest BCUT2D eigenvalue weighted by Gasteiger charge is -2.34. The normalized spacial score (nSPS) is 14.3. The second-order valence-electron chi connectivity index (χ2n) is 6.47. The Bertz CT molecular complexity index is 605. The zero-order chi connectivity index (χ0) is 18.2. The lowest BCUT2D eigenvalue weighted by molar-refractivity contribution is -0.138. The molecular weight excluding hydrogens is 318 g/mol. The number of benzene rings is 1. The van der Waals surface area contributed by atoms with Crippen molar-refractivity contribution in [2.75, 3.05) is 32.7 Å².